The first kappa shape index (κ1) is 14.1. The molecule has 5 nitrogen and oxygen atoms in total. The Hall–Kier alpha value is -2.30. The highest BCUT2D eigenvalue weighted by atomic mass is 16.5. The lowest BCUT2D eigenvalue weighted by Gasteiger charge is -2.20. The summed E-state index contributed by atoms with van der Waals surface area (Å²) >= 11 is 0. The highest BCUT2D eigenvalue weighted by Crippen LogP contribution is 2.22. The van der Waals surface area contributed by atoms with Crippen LogP contribution in [0, 0.1) is 0 Å². The maximum Gasteiger partial charge on any atom is 0.258 e. The van der Waals surface area contributed by atoms with Gasteiger partial charge in [-0.25, -0.2) is 0 Å². The number of nitrogens with one attached hydrogen (secondary N) is 2. The quantitative estimate of drug-likeness (QED) is 0.897. The van der Waals surface area contributed by atoms with Crippen molar-refractivity contribution >= 4 is 16.7 Å². The lowest BCUT2D eigenvalue weighted by Crippen LogP contribution is -2.43. The van der Waals surface area contributed by atoms with Crippen LogP contribution >= 0.6 is 0 Å². The van der Waals surface area contributed by atoms with Crippen molar-refractivity contribution in [1.29, 1.82) is 0 Å². The molecule has 1 aromatic heterocycles. The number of H-pyrrole nitrogens is 1. The first-order valence-corrected chi connectivity index (χ1v) is 6.41. The van der Waals surface area contributed by atoms with Crippen molar-refractivity contribution in [2.24, 2.45) is 0 Å². The minimum atomic E-state index is -0.295. The van der Waals surface area contributed by atoms with Gasteiger partial charge in [0, 0.05) is 17.1 Å². The maximum atomic E-state index is 11.7. The van der Waals surface area contributed by atoms with E-state index in [4.69, 9.17) is 4.74 Å². The Morgan fingerprint density at radius 3 is 2.70 bits per heavy atom. The number of carbonyl (C=O) groups excluding carboxylic acids is 1. The van der Waals surface area contributed by atoms with Gasteiger partial charge in [0.25, 0.3) is 11.5 Å². The molecule has 0 aliphatic carbocycles. The van der Waals surface area contributed by atoms with E-state index in [0.717, 1.165) is 0 Å². The molecule has 2 N–H and O–H groups in total. The van der Waals surface area contributed by atoms with Crippen LogP contribution in [0.2, 0.25) is 0 Å². The number of pyridine rings is 1. The predicted octanol–water partition coefficient (Wildman–Crippen LogP) is 1.82. The SMILES string of the molecule is CC(C)(C)NC(=O)COc1cccc2c(=O)[nH]ccc12. The smallest absolute Gasteiger partial charge is 0.258 e. The molecule has 0 aliphatic rings. The zero-order valence-corrected chi connectivity index (χ0v) is 11.8. The first-order chi connectivity index (χ1) is 9.37. The van der Waals surface area contributed by atoms with Gasteiger partial charge in [-0.3, -0.25) is 9.59 Å². The Morgan fingerprint density at radius 2 is 2.00 bits per heavy atom. The second kappa shape index (κ2) is 5.36. The van der Waals surface area contributed by atoms with Crippen molar-refractivity contribution in [3.05, 3.63) is 40.8 Å². The van der Waals surface area contributed by atoms with Crippen LogP contribution in [0.15, 0.2) is 35.3 Å². The summed E-state index contributed by atoms with van der Waals surface area (Å²) in [6.45, 7) is 5.64. The largest absolute Gasteiger partial charge is 0.483 e. The van der Waals surface area contributed by atoms with Gasteiger partial charge in [-0.2, -0.15) is 0 Å². The second-order valence-corrected chi connectivity index (χ2v) is 5.61. The fraction of sp³-hybridized carbons (Fsp3) is 0.333. The van der Waals surface area contributed by atoms with Gasteiger partial charge in [0.15, 0.2) is 6.61 Å². The van der Waals surface area contributed by atoms with E-state index in [1.54, 1.807) is 30.5 Å². The van der Waals surface area contributed by atoms with Gasteiger partial charge >= 0.3 is 0 Å². The van der Waals surface area contributed by atoms with Crippen molar-refractivity contribution in [1.82, 2.24) is 10.3 Å². The van der Waals surface area contributed by atoms with Crippen LogP contribution in [0.4, 0.5) is 0 Å². The Balaban J connectivity index is 2.17. The van der Waals surface area contributed by atoms with Gasteiger partial charge < -0.3 is 15.0 Å². The molecule has 20 heavy (non-hydrogen) atoms. The zero-order chi connectivity index (χ0) is 14.8. The zero-order valence-electron chi connectivity index (χ0n) is 11.8. The van der Waals surface area contributed by atoms with E-state index in [9.17, 15) is 9.59 Å². The van der Waals surface area contributed by atoms with Gasteiger partial charge in [0.05, 0.1) is 5.39 Å². The summed E-state index contributed by atoms with van der Waals surface area (Å²) in [5.74, 6) is 0.331. The predicted molar refractivity (Wildman–Crippen MR) is 78.0 cm³/mol. The molecule has 1 amide bonds. The Morgan fingerprint density at radius 1 is 1.25 bits per heavy atom. The molecule has 2 aromatic rings. The van der Waals surface area contributed by atoms with Gasteiger partial charge in [-0.15, -0.1) is 0 Å². The number of carbonyl (C=O) groups is 1. The number of ether oxygens (including phenoxy) is 1. The third-order valence-corrected chi connectivity index (χ3v) is 2.65. The molecule has 0 atom stereocenters. The summed E-state index contributed by atoms with van der Waals surface area (Å²) in [5, 5.41) is 4.05. The average molecular weight is 274 g/mol. The van der Waals surface area contributed by atoms with Gasteiger partial charge in [-0.05, 0) is 39.0 Å². The van der Waals surface area contributed by atoms with Crippen LogP contribution in [0.1, 0.15) is 20.8 Å². The maximum absolute atomic E-state index is 11.7. The fourth-order valence-corrected chi connectivity index (χ4v) is 1.92. The molecular formula is C15H18N2O3. The van der Waals surface area contributed by atoms with Crippen LogP contribution in [0.3, 0.4) is 0 Å². The van der Waals surface area contributed by atoms with E-state index < -0.39 is 0 Å². The summed E-state index contributed by atoms with van der Waals surface area (Å²) in [6.07, 6.45) is 1.56. The number of aromatic nitrogens is 1. The Labute approximate surface area is 117 Å². The molecule has 0 saturated carbocycles. The molecule has 0 spiro atoms. The molecule has 2 rings (SSSR count). The molecule has 0 unspecified atom stereocenters. The van der Waals surface area contributed by atoms with Gasteiger partial charge in [0.2, 0.25) is 0 Å². The number of aromatic amines is 1. The molecule has 0 radical (unpaired) electrons. The lowest BCUT2D eigenvalue weighted by atomic mass is 10.1. The highest BCUT2D eigenvalue weighted by molar-refractivity contribution is 5.87. The number of benzene rings is 1. The van der Waals surface area contributed by atoms with E-state index in [-0.39, 0.29) is 23.6 Å². The molecule has 0 aliphatic heterocycles. The van der Waals surface area contributed by atoms with Crippen molar-refractivity contribution in [2.45, 2.75) is 26.3 Å². The van der Waals surface area contributed by atoms with Crippen molar-refractivity contribution in [2.75, 3.05) is 6.61 Å². The summed E-state index contributed by atoms with van der Waals surface area (Å²) in [7, 11) is 0. The first-order valence-electron chi connectivity index (χ1n) is 6.41. The molecule has 1 heterocycles. The molecule has 1 aromatic carbocycles. The lowest BCUT2D eigenvalue weighted by molar-refractivity contribution is -0.124. The van der Waals surface area contributed by atoms with Gasteiger partial charge in [-0.1, -0.05) is 6.07 Å². The number of hydrogen-bond donors (Lipinski definition) is 2. The van der Waals surface area contributed by atoms with Crippen LogP contribution in [-0.2, 0) is 4.79 Å². The molecular weight excluding hydrogens is 256 g/mol. The fourth-order valence-electron chi connectivity index (χ4n) is 1.92. The number of rotatable bonds is 3. The number of fused-ring (bicyclic) bond motifs is 1. The van der Waals surface area contributed by atoms with E-state index in [1.165, 1.54) is 0 Å². The molecule has 0 bridgehead atoms. The van der Waals surface area contributed by atoms with Crippen LogP contribution in [-0.4, -0.2) is 23.0 Å². The Kier molecular flexibility index (Phi) is 3.79. The summed E-state index contributed by atoms with van der Waals surface area (Å²) in [4.78, 5) is 26.0. The third kappa shape index (κ3) is 3.38. The van der Waals surface area contributed by atoms with Crippen LogP contribution in [0.25, 0.3) is 10.8 Å². The standard InChI is InChI=1S/C15H18N2O3/c1-15(2,3)17-13(18)9-20-12-6-4-5-11-10(12)7-8-16-14(11)19/h4-8H,9H2,1-3H3,(H,16,19)(H,17,18). The van der Waals surface area contributed by atoms with Crippen LogP contribution in [0.5, 0.6) is 5.75 Å². The number of hydrogen-bond acceptors (Lipinski definition) is 3. The van der Waals surface area contributed by atoms with E-state index >= 15 is 0 Å². The van der Waals surface area contributed by atoms with Crippen molar-refractivity contribution in [3.8, 4) is 5.75 Å². The minimum absolute atomic E-state index is 0.0802. The minimum Gasteiger partial charge on any atom is -0.483 e. The van der Waals surface area contributed by atoms with Gasteiger partial charge in [0.1, 0.15) is 5.75 Å². The number of amides is 1. The second-order valence-electron chi connectivity index (χ2n) is 5.61. The summed E-state index contributed by atoms with van der Waals surface area (Å²) in [5.41, 5.74) is -0.469. The summed E-state index contributed by atoms with van der Waals surface area (Å²) in [6, 6.07) is 6.95. The summed E-state index contributed by atoms with van der Waals surface area (Å²) < 4.78 is 5.52. The van der Waals surface area contributed by atoms with E-state index in [1.807, 2.05) is 20.8 Å². The Bertz CT molecular complexity index is 683. The van der Waals surface area contributed by atoms with Crippen molar-refractivity contribution < 1.29 is 9.53 Å². The third-order valence-electron chi connectivity index (χ3n) is 2.65. The van der Waals surface area contributed by atoms with E-state index in [0.29, 0.717) is 16.5 Å². The average Bonchev–Trinajstić information content (AvgIpc) is 2.35. The normalized spacial score (nSPS) is 11.3. The topological polar surface area (TPSA) is 71.2 Å². The molecule has 106 valence electrons. The van der Waals surface area contributed by atoms with Crippen LogP contribution < -0.4 is 15.6 Å². The molecule has 0 fully saturated rings. The molecule has 5 heteroatoms. The molecule has 0 saturated heterocycles. The monoisotopic (exact) mass is 274 g/mol. The van der Waals surface area contributed by atoms with Crippen molar-refractivity contribution in [3.63, 3.8) is 0 Å². The van der Waals surface area contributed by atoms with E-state index in [2.05, 4.69) is 10.3 Å². The highest BCUT2D eigenvalue weighted by Gasteiger charge is 2.14.